The maximum absolute atomic E-state index is 6.41. The molecular weight excluding hydrogens is 322 g/mol. The molecule has 1 aromatic carbocycles. The summed E-state index contributed by atoms with van der Waals surface area (Å²) in [6.07, 6.45) is 5.97. The number of nitrogens with two attached hydrogens (primary N) is 1. The normalized spacial score (nSPS) is 21.3. The molecule has 0 spiro atoms. The predicted octanol–water partition coefficient (Wildman–Crippen LogP) is 5.19. The van der Waals surface area contributed by atoms with E-state index < -0.39 is 0 Å². The lowest BCUT2D eigenvalue weighted by molar-refractivity contribution is 0.173. The summed E-state index contributed by atoms with van der Waals surface area (Å²) >= 11 is 9.71. The zero-order chi connectivity index (χ0) is 14.0. The summed E-state index contributed by atoms with van der Waals surface area (Å²) in [4.78, 5) is 0. The highest BCUT2D eigenvalue weighted by molar-refractivity contribution is 9.10. The fraction of sp³-hybridized carbons (Fsp3) is 0.625. The average molecular weight is 345 g/mol. The molecule has 1 fully saturated rings. The van der Waals surface area contributed by atoms with Gasteiger partial charge in [-0.25, -0.2) is 0 Å². The smallest absolute Gasteiger partial charge is 0.0449 e. The number of benzene rings is 1. The summed E-state index contributed by atoms with van der Waals surface area (Å²) in [5.74, 6) is 0.646. The maximum Gasteiger partial charge on any atom is 0.0449 e. The van der Waals surface area contributed by atoms with Crippen LogP contribution in [0.5, 0.6) is 0 Å². The molecule has 2 rings (SSSR count). The monoisotopic (exact) mass is 343 g/mol. The first-order valence-electron chi connectivity index (χ1n) is 7.07. The van der Waals surface area contributed by atoms with Gasteiger partial charge < -0.3 is 5.73 Å². The molecule has 1 saturated carbocycles. The molecule has 0 aliphatic heterocycles. The van der Waals surface area contributed by atoms with E-state index in [9.17, 15) is 0 Å². The van der Waals surface area contributed by atoms with Crippen LogP contribution in [0, 0.1) is 11.3 Å². The van der Waals surface area contributed by atoms with Gasteiger partial charge in [0.15, 0.2) is 0 Å². The van der Waals surface area contributed by atoms with Crippen LogP contribution in [0.3, 0.4) is 0 Å². The third-order valence-corrected chi connectivity index (χ3v) is 5.31. The summed E-state index contributed by atoms with van der Waals surface area (Å²) < 4.78 is 1.02. The molecule has 1 atom stereocenters. The summed E-state index contributed by atoms with van der Waals surface area (Å²) in [6, 6.07) is 6.31. The van der Waals surface area contributed by atoms with Crippen LogP contribution >= 0.6 is 27.5 Å². The molecule has 1 aliphatic rings. The molecule has 0 radical (unpaired) electrons. The van der Waals surface area contributed by atoms with Crippen molar-refractivity contribution in [1.29, 1.82) is 0 Å². The Labute approximate surface area is 130 Å². The van der Waals surface area contributed by atoms with E-state index in [0.29, 0.717) is 11.3 Å². The topological polar surface area (TPSA) is 26.0 Å². The van der Waals surface area contributed by atoms with E-state index >= 15 is 0 Å². The molecule has 0 aromatic heterocycles. The Morgan fingerprint density at radius 2 is 2.00 bits per heavy atom. The molecule has 1 aliphatic carbocycles. The molecule has 19 heavy (non-hydrogen) atoms. The minimum atomic E-state index is 0.231. The van der Waals surface area contributed by atoms with E-state index in [1.54, 1.807) is 0 Å². The highest BCUT2D eigenvalue weighted by Gasteiger charge is 2.30. The SMILES string of the molecule is CC1(C)CCC(C(N)Cc2ccc(Br)cc2Cl)CC1. The van der Waals surface area contributed by atoms with Crippen LogP contribution in [0.1, 0.15) is 45.1 Å². The lowest BCUT2D eigenvalue weighted by Crippen LogP contribution is -2.36. The maximum atomic E-state index is 6.41. The molecule has 0 bridgehead atoms. The molecule has 0 saturated heterocycles. The van der Waals surface area contributed by atoms with Gasteiger partial charge in [0.25, 0.3) is 0 Å². The van der Waals surface area contributed by atoms with Crippen LogP contribution in [0.15, 0.2) is 22.7 Å². The van der Waals surface area contributed by atoms with Crippen LogP contribution in [0.25, 0.3) is 0 Å². The van der Waals surface area contributed by atoms with Crippen LogP contribution in [-0.2, 0) is 6.42 Å². The summed E-state index contributed by atoms with van der Waals surface area (Å²) in [5, 5.41) is 0.820. The Bertz CT molecular complexity index is 434. The minimum Gasteiger partial charge on any atom is -0.327 e. The minimum absolute atomic E-state index is 0.231. The molecule has 0 amide bonds. The quantitative estimate of drug-likeness (QED) is 0.802. The third-order valence-electron chi connectivity index (χ3n) is 4.46. The largest absolute Gasteiger partial charge is 0.327 e. The zero-order valence-corrected chi connectivity index (χ0v) is 14.1. The Kier molecular flexibility index (Phi) is 4.97. The molecule has 0 heterocycles. The van der Waals surface area contributed by atoms with Gasteiger partial charge in [0.1, 0.15) is 0 Å². The molecule has 2 N–H and O–H groups in total. The first kappa shape index (κ1) is 15.3. The van der Waals surface area contributed by atoms with Gasteiger partial charge in [0.05, 0.1) is 0 Å². The fourth-order valence-corrected chi connectivity index (χ4v) is 3.71. The Morgan fingerprint density at radius 3 is 2.58 bits per heavy atom. The average Bonchev–Trinajstić information content (AvgIpc) is 2.32. The van der Waals surface area contributed by atoms with E-state index in [1.807, 2.05) is 12.1 Å². The molecule has 1 aromatic rings. The van der Waals surface area contributed by atoms with Crippen molar-refractivity contribution in [2.75, 3.05) is 0 Å². The summed E-state index contributed by atoms with van der Waals surface area (Å²) in [7, 11) is 0. The van der Waals surface area contributed by atoms with Gasteiger partial charge in [-0.2, -0.15) is 0 Å². The van der Waals surface area contributed by atoms with Crippen LogP contribution < -0.4 is 5.73 Å². The van der Waals surface area contributed by atoms with Crippen LogP contribution in [0.2, 0.25) is 5.02 Å². The molecular formula is C16H23BrClN. The van der Waals surface area contributed by atoms with Gasteiger partial charge in [-0.15, -0.1) is 0 Å². The number of hydrogen-bond acceptors (Lipinski definition) is 1. The van der Waals surface area contributed by atoms with Crippen molar-refractivity contribution in [3.8, 4) is 0 Å². The van der Waals surface area contributed by atoms with Gasteiger partial charge in [-0.1, -0.05) is 47.4 Å². The van der Waals surface area contributed by atoms with Gasteiger partial charge in [0.2, 0.25) is 0 Å². The first-order valence-corrected chi connectivity index (χ1v) is 8.24. The zero-order valence-electron chi connectivity index (χ0n) is 11.8. The molecule has 3 heteroatoms. The summed E-state index contributed by atoms with van der Waals surface area (Å²) in [6.45, 7) is 4.72. The van der Waals surface area contributed by atoms with Crippen molar-refractivity contribution in [3.63, 3.8) is 0 Å². The fourth-order valence-electron chi connectivity index (χ4n) is 2.96. The summed E-state index contributed by atoms with van der Waals surface area (Å²) in [5.41, 5.74) is 8.08. The van der Waals surface area contributed by atoms with E-state index in [4.69, 9.17) is 17.3 Å². The highest BCUT2D eigenvalue weighted by atomic mass is 79.9. The van der Waals surface area contributed by atoms with Crippen LogP contribution in [-0.4, -0.2) is 6.04 Å². The second-order valence-electron chi connectivity index (χ2n) is 6.61. The van der Waals surface area contributed by atoms with Gasteiger partial charge in [0, 0.05) is 15.5 Å². The second kappa shape index (κ2) is 6.15. The second-order valence-corrected chi connectivity index (χ2v) is 7.93. The predicted molar refractivity (Wildman–Crippen MR) is 86.6 cm³/mol. The molecule has 1 nitrogen and oxygen atoms in total. The van der Waals surface area contributed by atoms with Crippen LogP contribution in [0.4, 0.5) is 0 Å². The third kappa shape index (κ3) is 4.21. The van der Waals surface area contributed by atoms with Crippen molar-refractivity contribution in [3.05, 3.63) is 33.3 Å². The van der Waals surface area contributed by atoms with Crippen molar-refractivity contribution in [2.45, 2.75) is 52.0 Å². The van der Waals surface area contributed by atoms with E-state index in [1.165, 1.54) is 31.2 Å². The van der Waals surface area contributed by atoms with Crippen molar-refractivity contribution < 1.29 is 0 Å². The Balaban J connectivity index is 1.96. The van der Waals surface area contributed by atoms with Crippen molar-refractivity contribution >= 4 is 27.5 Å². The molecule has 106 valence electrons. The van der Waals surface area contributed by atoms with E-state index in [-0.39, 0.29) is 6.04 Å². The van der Waals surface area contributed by atoms with E-state index in [0.717, 1.165) is 15.9 Å². The lowest BCUT2D eigenvalue weighted by atomic mass is 9.70. The van der Waals surface area contributed by atoms with Gasteiger partial charge in [-0.3, -0.25) is 0 Å². The van der Waals surface area contributed by atoms with Crippen molar-refractivity contribution in [1.82, 2.24) is 0 Å². The number of hydrogen-bond donors (Lipinski definition) is 1. The standard InChI is InChI=1S/C16H23BrClN/c1-16(2)7-5-11(6-8-16)15(19)9-12-3-4-13(17)10-14(12)18/h3-4,10-11,15H,5-9,19H2,1-2H3. The molecule has 1 unspecified atom stereocenters. The van der Waals surface area contributed by atoms with Gasteiger partial charge in [-0.05, 0) is 61.1 Å². The van der Waals surface area contributed by atoms with Crippen molar-refractivity contribution in [2.24, 2.45) is 17.1 Å². The van der Waals surface area contributed by atoms with E-state index in [2.05, 4.69) is 35.8 Å². The van der Waals surface area contributed by atoms with Gasteiger partial charge >= 0.3 is 0 Å². The number of halogens is 2. The first-order chi connectivity index (χ1) is 8.87. The Hall–Kier alpha value is -0.0500. The lowest BCUT2D eigenvalue weighted by Gasteiger charge is -2.37. The Morgan fingerprint density at radius 1 is 1.37 bits per heavy atom. The highest BCUT2D eigenvalue weighted by Crippen LogP contribution is 2.39. The number of rotatable bonds is 3.